The molecule has 6 nitrogen and oxygen atoms in total. The summed E-state index contributed by atoms with van der Waals surface area (Å²) in [5.74, 6) is -1.05. The van der Waals surface area contributed by atoms with Crippen molar-refractivity contribution in [1.82, 2.24) is 0 Å². The van der Waals surface area contributed by atoms with E-state index < -0.39 is 18.0 Å². The molecule has 154 valence electrons. The number of aryl methyl sites for hydroxylation is 2. The molecule has 6 heteroatoms. The number of furan rings is 1. The standard InChI is InChI=1S/C24H23NO5/c1-14(26)16-5-4-8-20(9-16)25-24(28)15(2)30-23(27)12-19-13-29-22-11-18-7-3-6-17(18)10-21(19)22/h4-5,8-11,13,15H,3,6-7,12H2,1-2H3,(H,25,28). The minimum Gasteiger partial charge on any atom is -0.464 e. The molecular formula is C24H23NO5. The lowest BCUT2D eigenvalue weighted by Crippen LogP contribution is -2.30. The number of nitrogens with one attached hydrogen (secondary N) is 1. The normalized spacial score (nSPS) is 13.7. The average molecular weight is 405 g/mol. The van der Waals surface area contributed by atoms with Crippen molar-refractivity contribution < 1.29 is 23.5 Å². The van der Waals surface area contributed by atoms with Gasteiger partial charge in [0.25, 0.3) is 5.91 Å². The maximum atomic E-state index is 12.4. The van der Waals surface area contributed by atoms with Gasteiger partial charge in [0.05, 0.1) is 12.7 Å². The predicted molar refractivity (Wildman–Crippen MR) is 113 cm³/mol. The van der Waals surface area contributed by atoms with Crippen LogP contribution in [0.1, 0.15) is 47.3 Å². The van der Waals surface area contributed by atoms with Crippen molar-refractivity contribution in [3.8, 4) is 0 Å². The molecule has 1 N–H and O–H groups in total. The molecule has 1 aliphatic carbocycles. The molecule has 1 unspecified atom stereocenters. The SMILES string of the molecule is CC(=O)c1cccc(NC(=O)C(C)OC(=O)Cc2coc3cc4c(cc23)CCC4)c1. The second-order valence-corrected chi connectivity index (χ2v) is 7.67. The van der Waals surface area contributed by atoms with Crippen LogP contribution in [0.15, 0.2) is 47.1 Å². The van der Waals surface area contributed by atoms with Crippen molar-refractivity contribution >= 4 is 34.3 Å². The third kappa shape index (κ3) is 4.13. The van der Waals surface area contributed by atoms with E-state index in [-0.39, 0.29) is 12.2 Å². The summed E-state index contributed by atoms with van der Waals surface area (Å²) in [5, 5.41) is 3.59. The van der Waals surface area contributed by atoms with Crippen LogP contribution in [-0.4, -0.2) is 23.8 Å². The number of anilines is 1. The molecule has 4 rings (SSSR count). The molecule has 0 saturated heterocycles. The Balaban J connectivity index is 1.39. The highest BCUT2D eigenvalue weighted by molar-refractivity contribution is 5.98. The van der Waals surface area contributed by atoms with E-state index in [1.807, 2.05) is 0 Å². The lowest BCUT2D eigenvalue weighted by atomic mass is 10.0. The largest absolute Gasteiger partial charge is 0.464 e. The topological polar surface area (TPSA) is 85.6 Å². The number of rotatable bonds is 6. The highest BCUT2D eigenvalue weighted by atomic mass is 16.5. The summed E-state index contributed by atoms with van der Waals surface area (Å²) in [4.78, 5) is 36.3. The van der Waals surface area contributed by atoms with Crippen LogP contribution < -0.4 is 5.32 Å². The molecule has 0 bridgehead atoms. The molecule has 1 atom stereocenters. The smallest absolute Gasteiger partial charge is 0.311 e. The summed E-state index contributed by atoms with van der Waals surface area (Å²) in [7, 11) is 0. The number of ketones is 1. The molecule has 1 aromatic heterocycles. The average Bonchev–Trinajstić information content (AvgIpc) is 3.32. The Kier molecular flexibility index (Phi) is 5.40. The molecule has 30 heavy (non-hydrogen) atoms. The van der Waals surface area contributed by atoms with E-state index in [0.29, 0.717) is 11.3 Å². The minimum absolute atomic E-state index is 0.0310. The minimum atomic E-state index is -0.971. The first-order valence-corrected chi connectivity index (χ1v) is 10.0. The Morgan fingerprint density at radius 2 is 1.90 bits per heavy atom. The van der Waals surface area contributed by atoms with E-state index in [0.717, 1.165) is 35.8 Å². The zero-order valence-electron chi connectivity index (χ0n) is 17.0. The third-order valence-electron chi connectivity index (χ3n) is 5.42. The van der Waals surface area contributed by atoms with Crippen molar-refractivity contribution in [1.29, 1.82) is 0 Å². The van der Waals surface area contributed by atoms with Crippen LogP contribution in [-0.2, 0) is 33.6 Å². The van der Waals surface area contributed by atoms with E-state index in [1.54, 1.807) is 30.5 Å². The fourth-order valence-corrected chi connectivity index (χ4v) is 3.79. The van der Waals surface area contributed by atoms with E-state index >= 15 is 0 Å². The highest BCUT2D eigenvalue weighted by Gasteiger charge is 2.21. The summed E-state index contributed by atoms with van der Waals surface area (Å²) < 4.78 is 10.9. The van der Waals surface area contributed by atoms with Crippen LogP contribution in [0.4, 0.5) is 5.69 Å². The van der Waals surface area contributed by atoms with Gasteiger partial charge in [0, 0.05) is 22.2 Å². The summed E-state index contributed by atoms with van der Waals surface area (Å²) in [5.41, 5.74) is 5.12. The Bertz CT molecular complexity index is 1140. The summed E-state index contributed by atoms with van der Waals surface area (Å²) in [6.07, 6.45) is 3.89. The van der Waals surface area contributed by atoms with E-state index in [1.165, 1.54) is 25.0 Å². The summed E-state index contributed by atoms with van der Waals surface area (Å²) in [6.45, 7) is 2.97. The molecule has 0 saturated carbocycles. The van der Waals surface area contributed by atoms with Gasteiger partial charge in [-0.15, -0.1) is 0 Å². The number of amides is 1. The van der Waals surface area contributed by atoms with Gasteiger partial charge in [0.2, 0.25) is 0 Å². The van der Waals surface area contributed by atoms with Gasteiger partial charge in [-0.1, -0.05) is 12.1 Å². The number of carbonyl (C=O) groups excluding carboxylic acids is 3. The zero-order valence-corrected chi connectivity index (χ0v) is 17.0. The Hall–Kier alpha value is -3.41. The van der Waals surface area contributed by atoms with Crippen LogP contribution in [0.2, 0.25) is 0 Å². The Labute approximate surface area is 174 Å². The number of hydrogen-bond acceptors (Lipinski definition) is 5. The predicted octanol–water partition coefficient (Wildman–Crippen LogP) is 4.24. The number of carbonyl (C=O) groups is 3. The fourth-order valence-electron chi connectivity index (χ4n) is 3.79. The molecular weight excluding hydrogens is 382 g/mol. The summed E-state index contributed by atoms with van der Waals surface area (Å²) >= 11 is 0. The van der Waals surface area contributed by atoms with Gasteiger partial charge in [-0.2, -0.15) is 0 Å². The molecule has 0 aliphatic heterocycles. The number of benzene rings is 2. The zero-order chi connectivity index (χ0) is 21.3. The third-order valence-corrected chi connectivity index (χ3v) is 5.42. The van der Waals surface area contributed by atoms with Gasteiger partial charge in [-0.3, -0.25) is 14.4 Å². The van der Waals surface area contributed by atoms with E-state index in [4.69, 9.17) is 9.15 Å². The van der Waals surface area contributed by atoms with E-state index in [2.05, 4.69) is 17.4 Å². The maximum absolute atomic E-state index is 12.4. The Morgan fingerprint density at radius 1 is 1.13 bits per heavy atom. The van der Waals surface area contributed by atoms with Gasteiger partial charge in [-0.25, -0.2) is 0 Å². The first-order valence-electron chi connectivity index (χ1n) is 10.0. The highest BCUT2D eigenvalue weighted by Crippen LogP contribution is 2.30. The van der Waals surface area contributed by atoms with Gasteiger partial charge >= 0.3 is 5.97 Å². The van der Waals surface area contributed by atoms with Crippen LogP contribution in [0.25, 0.3) is 11.0 Å². The first-order chi connectivity index (χ1) is 14.4. The van der Waals surface area contributed by atoms with Gasteiger partial charge in [-0.05, 0) is 68.5 Å². The maximum Gasteiger partial charge on any atom is 0.311 e. The molecule has 1 amide bonds. The number of esters is 1. The second kappa shape index (κ2) is 8.14. The number of ether oxygens (including phenoxy) is 1. The first kappa shape index (κ1) is 19.9. The van der Waals surface area contributed by atoms with E-state index in [9.17, 15) is 14.4 Å². The molecule has 2 aromatic carbocycles. The number of Topliss-reactive ketones (excluding diaryl/α,β-unsaturated/α-hetero) is 1. The number of fused-ring (bicyclic) bond motifs is 2. The quantitative estimate of drug-likeness (QED) is 0.490. The van der Waals surface area contributed by atoms with Crippen LogP contribution in [0.5, 0.6) is 0 Å². The Morgan fingerprint density at radius 3 is 2.67 bits per heavy atom. The molecule has 0 radical (unpaired) electrons. The second-order valence-electron chi connectivity index (χ2n) is 7.67. The fraction of sp³-hybridized carbons (Fsp3) is 0.292. The van der Waals surface area contributed by atoms with Gasteiger partial charge in [0.1, 0.15) is 5.58 Å². The van der Waals surface area contributed by atoms with Gasteiger partial charge in [0.15, 0.2) is 11.9 Å². The number of hydrogen-bond donors (Lipinski definition) is 1. The van der Waals surface area contributed by atoms with Crippen molar-refractivity contribution in [2.75, 3.05) is 5.32 Å². The van der Waals surface area contributed by atoms with Crippen molar-refractivity contribution in [3.63, 3.8) is 0 Å². The van der Waals surface area contributed by atoms with Gasteiger partial charge < -0.3 is 14.5 Å². The van der Waals surface area contributed by atoms with Crippen LogP contribution in [0, 0.1) is 0 Å². The van der Waals surface area contributed by atoms with Crippen molar-refractivity contribution in [2.24, 2.45) is 0 Å². The molecule has 0 spiro atoms. The van der Waals surface area contributed by atoms with Crippen LogP contribution in [0.3, 0.4) is 0 Å². The molecule has 3 aromatic rings. The molecule has 1 aliphatic rings. The lowest BCUT2D eigenvalue weighted by Gasteiger charge is -2.14. The monoisotopic (exact) mass is 405 g/mol. The molecule has 0 fully saturated rings. The lowest BCUT2D eigenvalue weighted by molar-refractivity contribution is -0.152. The summed E-state index contributed by atoms with van der Waals surface area (Å²) in [6, 6.07) is 10.8. The van der Waals surface area contributed by atoms with Crippen molar-refractivity contribution in [2.45, 2.75) is 45.6 Å². The molecule has 1 heterocycles. The van der Waals surface area contributed by atoms with Crippen LogP contribution >= 0.6 is 0 Å². The van der Waals surface area contributed by atoms with Crippen molar-refractivity contribution in [3.05, 3.63) is 64.9 Å².